The first kappa shape index (κ1) is 17.4. The summed E-state index contributed by atoms with van der Waals surface area (Å²) in [5, 5.41) is 3.10. The molecule has 1 saturated heterocycles. The molecule has 0 aromatic rings. The Balaban J connectivity index is 2.17. The fraction of sp³-hybridized carbons (Fsp3) is 0.938. The highest BCUT2D eigenvalue weighted by Crippen LogP contribution is 2.19. The Hall–Kier alpha value is -0.610. The molecule has 1 rings (SSSR count). The van der Waals surface area contributed by atoms with Crippen LogP contribution in [0.4, 0.5) is 0 Å². The topological polar surface area (TPSA) is 35.6 Å². The van der Waals surface area contributed by atoms with Crippen molar-refractivity contribution in [3.8, 4) is 0 Å². The lowest BCUT2D eigenvalue weighted by molar-refractivity contribution is -0.132. The quantitative estimate of drug-likeness (QED) is 0.657. The molecule has 0 bridgehead atoms. The molecule has 4 nitrogen and oxygen atoms in total. The molecule has 0 atom stereocenters. The Morgan fingerprint density at radius 3 is 2.60 bits per heavy atom. The summed E-state index contributed by atoms with van der Waals surface area (Å²) in [5.74, 6) is 1.12. The molecule has 1 amide bonds. The normalized spacial score (nSPS) is 16.9. The number of hydrogen-bond acceptors (Lipinski definition) is 3. The molecule has 1 aliphatic rings. The number of carbonyl (C=O) groups excluding carboxylic acids is 1. The molecule has 0 aromatic heterocycles. The van der Waals surface area contributed by atoms with Crippen molar-refractivity contribution in [2.75, 3.05) is 46.8 Å². The molecule has 0 spiro atoms. The summed E-state index contributed by atoms with van der Waals surface area (Å²) in [5.41, 5.74) is 0. The van der Waals surface area contributed by atoms with Gasteiger partial charge in [-0.25, -0.2) is 0 Å². The number of piperidine rings is 1. The number of carbonyl (C=O) groups is 1. The minimum atomic E-state index is 0.345. The van der Waals surface area contributed by atoms with E-state index >= 15 is 0 Å². The maximum atomic E-state index is 12.0. The minimum Gasteiger partial charge on any atom is -0.343 e. The van der Waals surface area contributed by atoms with Gasteiger partial charge in [-0.05, 0) is 58.8 Å². The second-order valence-electron chi connectivity index (χ2n) is 6.15. The Morgan fingerprint density at radius 1 is 1.30 bits per heavy atom. The van der Waals surface area contributed by atoms with E-state index in [-0.39, 0.29) is 0 Å². The zero-order valence-corrected chi connectivity index (χ0v) is 13.7. The third kappa shape index (κ3) is 6.71. The second kappa shape index (κ2) is 10.2. The molecule has 118 valence electrons. The second-order valence-corrected chi connectivity index (χ2v) is 6.15. The first-order valence-electron chi connectivity index (χ1n) is 8.28. The molecule has 20 heavy (non-hydrogen) atoms. The largest absolute Gasteiger partial charge is 0.343 e. The first-order valence-corrected chi connectivity index (χ1v) is 8.28. The van der Waals surface area contributed by atoms with Gasteiger partial charge in [-0.1, -0.05) is 13.3 Å². The van der Waals surface area contributed by atoms with Gasteiger partial charge in [0.2, 0.25) is 5.91 Å². The van der Waals surface area contributed by atoms with Gasteiger partial charge in [-0.3, -0.25) is 4.79 Å². The summed E-state index contributed by atoms with van der Waals surface area (Å²) in [6, 6.07) is 0. The highest BCUT2D eigenvalue weighted by Gasteiger charge is 2.22. The third-order valence-electron chi connectivity index (χ3n) is 4.25. The lowest BCUT2D eigenvalue weighted by Gasteiger charge is -2.34. The van der Waals surface area contributed by atoms with Crippen molar-refractivity contribution >= 4 is 5.91 Å². The van der Waals surface area contributed by atoms with E-state index in [1.54, 1.807) is 0 Å². The molecule has 0 saturated carbocycles. The lowest BCUT2D eigenvalue weighted by atomic mass is 9.96. The van der Waals surface area contributed by atoms with Gasteiger partial charge < -0.3 is 15.1 Å². The summed E-state index contributed by atoms with van der Waals surface area (Å²) < 4.78 is 0. The van der Waals surface area contributed by atoms with Crippen LogP contribution in [0.2, 0.25) is 0 Å². The minimum absolute atomic E-state index is 0.345. The highest BCUT2D eigenvalue weighted by atomic mass is 16.2. The van der Waals surface area contributed by atoms with E-state index in [2.05, 4.69) is 29.1 Å². The van der Waals surface area contributed by atoms with Crippen LogP contribution in [0, 0.1) is 5.92 Å². The molecule has 4 heteroatoms. The summed E-state index contributed by atoms with van der Waals surface area (Å²) >= 11 is 0. The van der Waals surface area contributed by atoms with Crippen LogP contribution in [0.25, 0.3) is 0 Å². The predicted molar refractivity (Wildman–Crippen MR) is 84.9 cm³/mol. The highest BCUT2D eigenvalue weighted by molar-refractivity contribution is 5.76. The predicted octanol–water partition coefficient (Wildman–Crippen LogP) is 1.96. The summed E-state index contributed by atoms with van der Waals surface area (Å²) in [6.07, 6.45) is 6.56. The molecular weight excluding hydrogens is 250 g/mol. The van der Waals surface area contributed by atoms with E-state index < -0.39 is 0 Å². The van der Waals surface area contributed by atoms with Crippen LogP contribution in [0.1, 0.15) is 45.4 Å². The average Bonchev–Trinajstić information content (AvgIpc) is 2.46. The van der Waals surface area contributed by atoms with E-state index in [1.165, 1.54) is 38.8 Å². The Labute approximate surface area is 124 Å². The molecule has 1 N–H and O–H groups in total. The van der Waals surface area contributed by atoms with Crippen LogP contribution in [0.5, 0.6) is 0 Å². The fourth-order valence-corrected chi connectivity index (χ4v) is 2.90. The Morgan fingerprint density at radius 2 is 2.00 bits per heavy atom. The Kier molecular flexibility index (Phi) is 8.86. The van der Waals surface area contributed by atoms with Gasteiger partial charge in [0.05, 0.1) is 0 Å². The van der Waals surface area contributed by atoms with Crippen molar-refractivity contribution in [3.63, 3.8) is 0 Å². The summed E-state index contributed by atoms with van der Waals surface area (Å²) in [6.45, 7) is 7.51. The van der Waals surface area contributed by atoms with Crippen LogP contribution in [0.3, 0.4) is 0 Å². The molecule has 1 fully saturated rings. The molecular formula is C16H33N3O. The average molecular weight is 283 g/mol. The number of nitrogens with zero attached hydrogens (tertiary/aromatic N) is 2. The molecule has 0 aliphatic carbocycles. The van der Waals surface area contributed by atoms with Crippen molar-refractivity contribution in [2.45, 2.75) is 45.4 Å². The van der Waals surface area contributed by atoms with E-state index in [4.69, 9.17) is 0 Å². The SMILES string of the molecule is CCCCN(C)CC1CCN(C(=O)CCCNC)CC1. The molecule has 0 unspecified atom stereocenters. The fourth-order valence-electron chi connectivity index (χ4n) is 2.90. The standard InChI is InChI=1S/C16H33N3O/c1-4-5-11-18(3)14-15-8-12-19(13-9-15)16(20)7-6-10-17-2/h15,17H,4-14H2,1-3H3. The Bertz CT molecular complexity index is 262. The zero-order chi connectivity index (χ0) is 14.8. The number of unbranched alkanes of at least 4 members (excludes halogenated alkanes) is 1. The smallest absolute Gasteiger partial charge is 0.222 e. The van der Waals surface area contributed by atoms with Crippen molar-refractivity contribution < 1.29 is 4.79 Å². The summed E-state index contributed by atoms with van der Waals surface area (Å²) in [4.78, 5) is 16.6. The number of rotatable bonds is 9. The van der Waals surface area contributed by atoms with Crippen LogP contribution >= 0.6 is 0 Å². The summed E-state index contributed by atoms with van der Waals surface area (Å²) in [7, 11) is 4.16. The van der Waals surface area contributed by atoms with Crippen LogP contribution in [-0.4, -0.2) is 62.5 Å². The monoisotopic (exact) mass is 283 g/mol. The third-order valence-corrected chi connectivity index (χ3v) is 4.25. The van der Waals surface area contributed by atoms with Gasteiger partial charge in [0.15, 0.2) is 0 Å². The van der Waals surface area contributed by atoms with E-state index in [9.17, 15) is 4.79 Å². The van der Waals surface area contributed by atoms with Crippen molar-refractivity contribution in [1.82, 2.24) is 15.1 Å². The maximum absolute atomic E-state index is 12.0. The van der Waals surface area contributed by atoms with Crippen molar-refractivity contribution in [1.29, 1.82) is 0 Å². The molecule has 1 heterocycles. The van der Waals surface area contributed by atoms with Crippen LogP contribution < -0.4 is 5.32 Å². The maximum Gasteiger partial charge on any atom is 0.222 e. The van der Waals surface area contributed by atoms with Crippen LogP contribution in [-0.2, 0) is 4.79 Å². The van der Waals surface area contributed by atoms with Gasteiger partial charge in [0.1, 0.15) is 0 Å². The molecule has 0 radical (unpaired) electrons. The number of hydrogen-bond donors (Lipinski definition) is 1. The molecule has 0 aromatic carbocycles. The van der Waals surface area contributed by atoms with Gasteiger partial charge in [0.25, 0.3) is 0 Å². The zero-order valence-electron chi connectivity index (χ0n) is 13.7. The van der Waals surface area contributed by atoms with Crippen molar-refractivity contribution in [3.05, 3.63) is 0 Å². The number of nitrogens with one attached hydrogen (secondary N) is 1. The van der Waals surface area contributed by atoms with E-state index in [0.29, 0.717) is 12.3 Å². The van der Waals surface area contributed by atoms with E-state index in [1.807, 2.05) is 7.05 Å². The lowest BCUT2D eigenvalue weighted by Crippen LogP contribution is -2.41. The number of amides is 1. The van der Waals surface area contributed by atoms with Gasteiger partial charge in [-0.2, -0.15) is 0 Å². The van der Waals surface area contributed by atoms with Crippen molar-refractivity contribution in [2.24, 2.45) is 5.92 Å². The van der Waals surface area contributed by atoms with Gasteiger partial charge >= 0.3 is 0 Å². The molecule has 1 aliphatic heterocycles. The first-order chi connectivity index (χ1) is 9.67. The van der Waals surface area contributed by atoms with Crippen LogP contribution in [0.15, 0.2) is 0 Å². The van der Waals surface area contributed by atoms with Gasteiger partial charge in [0, 0.05) is 26.1 Å². The number of likely N-dealkylation sites (tertiary alicyclic amines) is 1. The van der Waals surface area contributed by atoms with Gasteiger partial charge in [-0.15, -0.1) is 0 Å². The van der Waals surface area contributed by atoms with E-state index in [0.717, 1.165) is 32.0 Å².